The van der Waals surface area contributed by atoms with Crippen LogP contribution in [-0.2, 0) is 14.3 Å². The van der Waals surface area contributed by atoms with Gasteiger partial charge in [-0.05, 0) is 83.5 Å². The Labute approximate surface area is 294 Å². The number of aliphatic hydroxyl groups is 1. The zero-order valence-electron chi connectivity index (χ0n) is 30.5. The molecule has 2 N–H and O–H groups in total. The maximum Gasteiger partial charge on any atom is 0.306 e. The molecule has 0 rings (SSSR count). The minimum atomic E-state index is -0.895. The molecule has 0 bridgehead atoms. The van der Waals surface area contributed by atoms with E-state index in [1.165, 1.54) is 38.5 Å². The quantitative estimate of drug-likeness (QED) is 0.0427. The lowest BCUT2D eigenvalue weighted by molar-refractivity contribution is -0.146. The number of carbonyl (C=O) groups is 2. The molecule has 5 heteroatoms. The summed E-state index contributed by atoms with van der Waals surface area (Å²) in [5.41, 5.74) is 0. The number of unbranched alkanes of at least 4 members (excludes halogenated alkanes) is 8. The van der Waals surface area contributed by atoms with Gasteiger partial charge in [-0.1, -0.05) is 143 Å². The molecule has 1 atom stereocenters. The maximum absolute atomic E-state index is 12.1. The van der Waals surface area contributed by atoms with E-state index in [1.807, 2.05) is 12.2 Å². The van der Waals surface area contributed by atoms with Gasteiger partial charge in [0.1, 0.15) is 12.7 Å². The minimum Gasteiger partial charge on any atom is -0.463 e. The summed E-state index contributed by atoms with van der Waals surface area (Å²) >= 11 is 0. The van der Waals surface area contributed by atoms with E-state index in [-0.39, 0.29) is 31.4 Å². The van der Waals surface area contributed by atoms with Gasteiger partial charge in [0.2, 0.25) is 5.91 Å². The van der Waals surface area contributed by atoms with Crippen LogP contribution in [0.15, 0.2) is 97.2 Å². The molecule has 0 heterocycles. The molecular formula is C43H69NO4. The number of hydrogen-bond donors (Lipinski definition) is 2. The summed E-state index contributed by atoms with van der Waals surface area (Å²) in [6.45, 7) is 4.37. The Morgan fingerprint density at radius 2 is 0.979 bits per heavy atom. The Hall–Kier alpha value is -3.18. The normalized spacial score (nSPS) is 13.3. The molecule has 48 heavy (non-hydrogen) atoms. The summed E-state index contributed by atoms with van der Waals surface area (Å²) in [5, 5.41) is 12.8. The number of nitrogens with one attached hydrogen (secondary N) is 1. The van der Waals surface area contributed by atoms with Crippen molar-refractivity contribution in [3.8, 4) is 0 Å². The molecule has 0 aliphatic carbocycles. The van der Waals surface area contributed by atoms with Gasteiger partial charge in [0.05, 0.1) is 0 Å². The van der Waals surface area contributed by atoms with E-state index in [9.17, 15) is 14.7 Å². The minimum absolute atomic E-state index is 0.0660. The second-order valence-corrected chi connectivity index (χ2v) is 12.1. The fraction of sp³-hybridized carbons (Fsp3) is 0.581. The van der Waals surface area contributed by atoms with Gasteiger partial charge in [-0.15, -0.1) is 0 Å². The van der Waals surface area contributed by atoms with Crippen LogP contribution in [0.4, 0.5) is 0 Å². The third-order valence-electron chi connectivity index (χ3n) is 7.44. The van der Waals surface area contributed by atoms with Crippen molar-refractivity contribution in [1.29, 1.82) is 0 Å². The zero-order valence-corrected chi connectivity index (χ0v) is 30.5. The van der Waals surface area contributed by atoms with Gasteiger partial charge in [0.25, 0.3) is 0 Å². The average molecular weight is 664 g/mol. The SMILES string of the molecule is CCC=CCC=CCC=CCC=CCC=CCC=CCCC(=O)OCC(O)CNC(=O)CCCCCCCC=CCC=CCCCCC. The monoisotopic (exact) mass is 664 g/mol. The van der Waals surface area contributed by atoms with Crippen LogP contribution in [0.25, 0.3) is 0 Å². The Bertz CT molecular complexity index is 983. The standard InChI is InChI=1S/C43H69NO4/c1-3-5-7-9-11-13-15-17-19-20-21-22-24-26-28-30-32-34-36-38-43(47)48-40-41(45)39-44-42(46)37-35-33-31-29-27-25-23-18-16-14-12-10-8-6-4-2/h5,7,11-14,17-19,21-23,26,28,32,34,41,45H,3-4,6,8-10,15-16,20,24-25,27,29-31,33,35-40H2,1-2H3,(H,44,46). The third-order valence-corrected chi connectivity index (χ3v) is 7.44. The first-order chi connectivity index (χ1) is 23.6. The number of allylic oxidation sites excluding steroid dienone is 16. The molecule has 1 unspecified atom stereocenters. The number of ether oxygens (including phenoxy) is 1. The highest BCUT2D eigenvalue weighted by atomic mass is 16.5. The Balaban J connectivity index is 3.64. The smallest absolute Gasteiger partial charge is 0.306 e. The topological polar surface area (TPSA) is 75.6 Å². The van der Waals surface area contributed by atoms with Crippen molar-refractivity contribution in [2.45, 2.75) is 148 Å². The lowest BCUT2D eigenvalue weighted by atomic mass is 10.1. The summed E-state index contributed by atoms with van der Waals surface area (Å²) in [5.74, 6) is -0.409. The van der Waals surface area contributed by atoms with Crippen LogP contribution < -0.4 is 5.32 Å². The first-order valence-corrected chi connectivity index (χ1v) is 18.9. The predicted molar refractivity (Wildman–Crippen MR) is 207 cm³/mol. The van der Waals surface area contributed by atoms with Crippen LogP contribution >= 0.6 is 0 Å². The van der Waals surface area contributed by atoms with Gasteiger partial charge >= 0.3 is 5.97 Å². The summed E-state index contributed by atoms with van der Waals surface area (Å²) in [7, 11) is 0. The van der Waals surface area contributed by atoms with Crippen molar-refractivity contribution in [2.24, 2.45) is 0 Å². The van der Waals surface area contributed by atoms with Crippen molar-refractivity contribution in [3.05, 3.63) is 97.2 Å². The van der Waals surface area contributed by atoms with Crippen molar-refractivity contribution in [3.63, 3.8) is 0 Å². The van der Waals surface area contributed by atoms with Crippen molar-refractivity contribution < 1.29 is 19.4 Å². The Morgan fingerprint density at radius 1 is 0.542 bits per heavy atom. The fourth-order valence-electron chi connectivity index (χ4n) is 4.58. The number of amides is 1. The molecule has 0 aromatic heterocycles. The summed E-state index contributed by atoms with van der Waals surface area (Å²) in [4.78, 5) is 24.0. The highest BCUT2D eigenvalue weighted by Gasteiger charge is 2.10. The van der Waals surface area contributed by atoms with E-state index in [0.29, 0.717) is 12.8 Å². The molecule has 0 saturated carbocycles. The largest absolute Gasteiger partial charge is 0.463 e. The molecule has 0 saturated heterocycles. The van der Waals surface area contributed by atoms with Crippen molar-refractivity contribution in [1.82, 2.24) is 5.32 Å². The number of esters is 1. The van der Waals surface area contributed by atoms with E-state index in [2.05, 4.69) is 104 Å². The van der Waals surface area contributed by atoms with E-state index in [1.54, 1.807) is 0 Å². The number of carbonyl (C=O) groups excluding carboxylic acids is 2. The molecule has 0 aromatic rings. The van der Waals surface area contributed by atoms with E-state index < -0.39 is 6.10 Å². The second-order valence-electron chi connectivity index (χ2n) is 12.1. The predicted octanol–water partition coefficient (Wildman–Crippen LogP) is 11.3. The molecule has 0 aromatic carbocycles. The van der Waals surface area contributed by atoms with Crippen molar-refractivity contribution in [2.75, 3.05) is 13.2 Å². The van der Waals surface area contributed by atoms with Gasteiger partial charge < -0.3 is 15.2 Å². The number of hydrogen-bond acceptors (Lipinski definition) is 4. The second kappa shape index (κ2) is 38.3. The van der Waals surface area contributed by atoms with E-state index >= 15 is 0 Å². The summed E-state index contributed by atoms with van der Waals surface area (Å²) < 4.78 is 5.15. The number of aliphatic hydroxyl groups excluding tert-OH is 1. The third kappa shape index (κ3) is 37.3. The van der Waals surface area contributed by atoms with Crippen LogP contribution in [0.2, 0.25) is 0 Å². The molecular weight excluding hydrogens is 594 g/mol. The van der Waals surface area contributed by atoms with Gasteiger partial charge in [0.15, 0.2) is 0 Å². The van der Waals surface area contributed by atoms with Crippen LogP contribution in [0.3, 0.4) is 0 Å². The molecule has 0 fully saturated rings. The molecule has 5 nitrogen and oxygen atoms in total. The zero-order chi connectivity index (χ0) is 35.0. The first-order valence-electron chi connectivity index (χ1n) is 18.9. The molecule has 0 aliphatic rings. The molecule has 0 spiro atoms. The molecule has 0 aliphatic heterocycles. The molecule has 0 radical (unpaired) electrons. The Morgan fingerprint density at radius 3 is 1.50 bits per heavy atom. The van der Waals surface area contributed by atoms with Gasteiger partial charge in [0, 0.05) is 19.4 Å². The first kappa shape index (κ1) is 44.8. The summed E-state index contributed by atoms with van der Waals surface area (Å²) in [6, 6.07) is 0. The fourth-order valence-corrected chi connectivity index (χ4v) is 4.58. The van der Waals surface area contributed by atoms with Gasteiger partial charge in [-0.25, -0.2) is 0 Å². The van der Waals surface area contributed by atoms with Crippen LogP contribution in [0, 0.1) is 0 Å². The van der Waals surface area contributed by atoms with Gasteiger partial charge in [-0.2, -0.15) is 0 Å². The summed E-state index contributed by atoms with van der Waals surface area (Å²) in [6.07, 6.45) is 53.8. The number of rotatable bonds is 32. The van der Waals surface area contributed by atoms with E-state index in [0.717, 1.165) is 70.6 Å². The molecule has 270 valence electrons. The molecule has 1 amide bonds. The lowest BCUT2D eigenvalue weighted by Gasteiger charge is -2.12. The maximum atomic E-state index is 12.1. The van der Waals surface area contributed by atoms with Gasteiger partial charge in [-0.3, -0.25) is 9.59 Å². The van der Waals surface area contributed by atoms with E-state index in [4.69, 9.17) is 4.74 Å². The van der Waals surface area contributed by atoms with Crippen LogP contribution in [-0.4, -0.2) is 36.2 Å². The van der Waals surface area contributed by atoms with Crippen molar-refractivity contribution >= 4 is 11.9 Å². The lowest BCUT2D eigenvalue weighted by Crippen LogP contribution is -2.35. The Kier molecular flexibility index (Phi) is 35.7. The van der Waals surface area contributed by atoms with Crippen LogP contribution in [0.5, 0.6) is 0 Å². The highest BCUT2D eigenvalue weighted by molar-refractivity contribution is 5.75. The average Bonchev–Trinajstić information content (AvgIpc) is 3.09. The highest BCUT2D eigenvalue weighted by Crippen LogP contribution is 2.08. The van der Waals surface area contributed by atoms with Crippen LogP contribution in [0.1, 0.15) is 142 Å².